The second-order valence-electron chi connectivity index (χ2n) is 8.85. The number of rotatable bonds is 14. The molecule has 1 unspecified atom stereocenters. The lowest BCUT2D eigenvalue weighted by Gasteiger charge is -2.06. The average Bonchev–Trinajstić information content (AvgIpc) is 2.68. The molecule has 0 aliphatic rings. The van der Waals surface area contributed by atoms with Gasteiger partial charge in [-0.1, -0.05) is 54.4 Å². The van der Waals surface area contributed by atoms with Crippen molar-refractivity contribution in [2.75, 3.05) is 6.61 Å². The van der Waals surface area contributed by atoms with E-state index >= 15 is 0 Å². The first-order valence-electron chi connectivity index (χ1n) is 12.0. The summed E-state index contributed by atoms with van der Waals surface area (Å²) < 4.78 is 5.05. The maximum Gasteiger partial charge on any atom is 0.306 e. The van der Waals surface area contributed by atoms with Gasteiger partial charge >= 0.3 is 11.9 Å². The molecule has 32 heavy (non-hydrogen) atoms. The molecule has 0 amide bonds. The van der Waals surface area contributed by atoms with E-state index in [0.717, 1.165) is 32.1 Å². The smallest absolute Gasteiger partial charge is 0.306 e. The van der Waals surface area contributed by atoms with E-state index in [1.54, 1.807) is 0 Å². The number of carbonyl (C=O) groups excluding carboxylic acids is 1. The minimum absolute atomic E-state index is 0.101. The number of esters is 1. The molecule has 0 aliphatic heterocycles. The van der Waals surface area contributed by atoms with Gasteiger partial charge in [-0.05, 0) is 92.6 Å². The molecule has 0 radical (unpaired) electrons. The van der Waals surface area contributed by atoms with Crippen LogP contribution in [0.5, 0.6) is 0 Å². The van der Waals surface area contributed by atoms with Crippen LogP contribution in [0.1, 0.15) is 107 Å². The molecule has 0 aromatic carbocycles. The molecular formula is C28H48O4. The lowest BCUT2D eigenvalue weighted by atomic mass is 10.00. The highest BCUT2D eigenvalue weighted by Crippen LogP contribution is 2.14. The standard InChI is InChI=1S/2C14H24O2/c1-5-13(14(15)16)10-9-12(4)8-6-7-11(2)3;1-5-7-14(15)16-11-10-13(4)9-6-8-12(2)3/h7,9,13H,5-6,8,10H2,1-4H3,(H,15,16);8,10H,5-7,9,11H2,1-4H3/b12-9+;13-10+. The normalized spacial score (nSPS) is 12.2. The Morgan fingerprint density at radius 1 is 0.781 bits per heavy atom. The summed E-state index contributed by atoms with van der Waals surface area (Å²) >= 11 is 0. The van der Waals surface area contributed by atoms with Gasteiger partial charge in [-0.25, -0.2) is 0 Å². The minimum Gasteiger partial charge on any atom is -0.481 e. The van der Waals surface area contributed by atoms with E-state index in [0.29, 0.717) is 25.9 Å². The number of allylic oxidation sites excluding steroid dienone is 7. The van der Waals surface area contributed by atoms with Gasteiger partial charge in [-0.3, -0.25) is 9.59 Å². The van der Waals surface area contributed by atoms with Crippen LogP contribution in [0, 0.1) is 5.92 Å². The summed E-state index contributed by atoms with van der Waals surface area (Å²) in [5.41, 5.74) is 5.26. The van der Waals surface area contributed by atoms with Crippen LogP contribution in [0.2, 0.25) is 0 Å². The Balaban J connectivity index is 0. The Labute approximate surface area is 197 Å². The first-order chi connectivity index (χ1) is 15.0. The van der Waals surface area contributed by atoms with Crippen molar-refractivity contribution in [1.29, 1.82) is 0 Å². The van der Waals surface area contributed by atoms with Crippen LogP contribution >= 0.6 is 0 Å². The molecule has 0 aromatic heterocycles. The molecule has 0 saturated heterocycles. The van der Waals surface area contributed by atoms with Crippen LogP contribution in [-0.2, 0) is 14.3 Å². The lowest BCUT2D eigenvalue weighted by Crippen LogP contribution is -2.11. The van der Waals surface area contributed by atoms with E-state index in [1.165, 1.54) is 22.3 Å². The van der Waals surface area contributed by atoms with E-state index in [-0.39, 0.29) is 11.9 Å². The van der Waals surface area contributed by atoms with Gasteiger partial charge in [0.05, 0.1) is 5.92 Å². The fourth-order valence-corrected chi connectivity index (χ4v) is 2.72. The van der Waals surface area contributed by atoms with E-state index in [4.69, 9.17) is 9.84 Å². The number of hydrogen-bond donors (Lipinski definition) is 1. The van der Waals surface area contributed by atoms with Crippen molar-refractivity contribution in [2.45, 2.75) is 107 Å². The number of carbonyl (C=O) groups is 2. The predicted octanol–water partition coefficient (Wildman–Crippen LogP) is 8.20. The van der Waals surface area contributed by atoms with E-state index in [1.807, 2.05) is 19.9 Å². The van der Waals surface area contributed by atoms with Crippen molar-refractivity contribution < 1.29 is 19.4 Å². The Kier molecular flexibility index (Phi) is 20.8. The molecule has 0 spiro atoms. The van der Waals surface area contributed by atoms with E-state index < -0.39 is 5.97 Å². The second-order valence-corrected chi connectivity index (χ2v) is 8.85. The quantitative estimate of drug-likeness (QED) is 0.215. The number of aliphatic carboxylic acids is 1. The van der Waals surface area contributed by atoms with Crippen LogP contribution in [0.25, 0.3) is 0 Å². The summed E-state index contributed by atoms with van der Waals surface area (Å²) in [5, 5.41) is 8.90. The predicted molar refractivity (Wildman–Crippen MR) is 137 cm³/mol. The summed E-state index contributed by atoms with van der Waals surface area (Å²) in [6.07, 6.45) is 15.4. The Morgan fingerprint density at radius 2 is 1.28 bits per heavy atom. The summed E-state index contributed by atoms with van der Waals surface area (Å²) in [4.78, 5) is 21.9. The molecule has 4 nitrogen and oxygen atoms in total. The Hall–Kier alpha value is -2.10. The fourth-order valence-electron chi connectivity index (χ4n) is 2.72. The fraction of sp³-hybridized carbons (Fsp3) is 0.643. The third-order valence-electron chi connectivity index (χ3n) is 4.91. The third-order valence-corrected chi connectivity index (χ3v) is 4.91. The molecule has 0 aromatic rings. The van der Waals surface area contributed by atoms with Gasteiger partial charge in [0.25, 0.3) is 0 Å². The topological polar surface area (TPSA) is 63.6 Å². The van der Waals surface area contributed by atoms with Gasteiger partial charge < -0.3 is 9.84 Å². The molecule has 0 fully saturated rings. The van der Waals surface area contributed by atoms with Gasteiger partial charge in [0.15, 0.2) is 0 Å². The maximum atomic E-state index is 11.1. The zero-order valence-electron chi connectivity index (χ0n) is 21.9. The van der Waals surface area contributed by atoms with Crippen LogP contribution in [-0.4, -0.2) is 23.7 Å². The first kappa shape index (κ1) is 32.1. The van der Waals surface area contributed by atoms with Crippen LogP contribution < -0.4 is 0 Å². The van der Waals surface area contributed by atoms with Crippen LogP contribution in [0.15, 0.2) is 46.6 Å². The maximum absolute atomic E-state index is 11.1. The Bertz CT molecular complexity index is 640. The number of ether oxygens (including phenoxy) is 1. The zero-order valence-corrected chi connectivity index (χ0v) is 21.9. The van der Waals surface area contributed by atoms with Gasteiger partial charge in [0.2, 0.25) is 0 Å². The highest BCUT2D eigenvalue weighted by Gasteiger charge is 2.12. The molecule has 1 atom stereocenters. The number of carboxylic acid groups (broad SMARTS) is 1. The highest BCUT2D eigenvalue weighted by molar-refractivity contribution is 5.70. The summed E-state index contributed by atoms with van der Waals surface area (Å²) in [6.45, 7) is 16.9. The van der Waals surface area contributed by atoms with Crippen molar-refractivity contribution in [1.82, 2.24) is 0 Å². The average molecular weight is 449 g/mol. The summed E-state index contributed by atoms with van der Waals surface area (Å²) in [5.74, 6) is -1.01. The first-order valence-corrected chi connectivity index (χ1v) is 12.0. The monoisotopic (exact) mass is 448 g/mol. The number of carboxylic acids is 1. The highest BCUT2D eigenvalue weighted by atomic mass is 16.5. The molecule has 4 heteroatoms. The molecule has 184 valence electrons. The zero-order chi connectivity index (χ0) is 24.9. The second kappa shape index (κ2) is 20.8. The van der Waals surface area contributed by atoms with Gasteiger partial charge in [-0.2, -0.15) is 0 Å². The van der Waals surface area contributed by atoms with Crippen LogP contribution in [0.3, 0.4) is 0 Å². The molecule has 0 heterocycles. The van der Waals surface area contributed by atoms with Crippen molar-refractivity contribution in [3.8, 4) is 0 Å². The van der Waals surface area contributed by atoms with Crippen molar-refractivity contribution in [3.63, 3.8) is 0 Å². The third kappa shape index (κ3) is 22.6. The summed E-state index contributed by atoms with van der Waals surface area (Å²) in [6, 6.07) is 0. The Morgan fingerprint density at radius 3 is 1.69 bits per heavy atom. The minimum atomic E-state index is -0.684. The van der Waals surface area contributed by atoms with Gasteiger partial charge in [0, 0.05) is 6.42 Å². The molecule has 0 bridgehead atoms. The lowest BCUT2D eigenvalue weighted by molar-refractivity contribution is -0.143. The van der Waals surface area contributed by atoms with Crippen LogP contribution in [0.4, 0.5) is 0 Å². The molecule has 0 saturated carbocycles. The summed E-state index contributed by atoms with van der Waals surface area (Å²) in [7, 11) is 0. The van der Waals surface area contributed by atoms with Crippen molar-refractivity contribution in [2.24, 2.45) is 5.92 Å². The van der Waals surface area contributed by atoms with Gasteiger partial charge in [0.1, 0.15) is 6.61 Å². The van der Waals surface area contributed by atoms with Gasteiger partial charge in [-0.15, -0.1) is 0 Å². The van der Waals surface area contributed by atoms with E-state index in [2.05, 4.69) is 59.8 Å². The van der Waals surface area contributed by atoms with Crippen molar-refractivity contribution >= 4 is 11.9 Å². The molecular weight excluding hydrogens is 400 g/mol. The largest absolute Gasteiger partial charge is 0.481 e. The SMILES string of the molecule is CCC(C/C=C(\C)CCC=C(C)C)C(=O)O.CCCC(=O)OC/C=C(\C)CCC=C(C)C. The van der Waals surface area contributed by atoms with Crippen molar-refractivity contribution in [3.05, 3.63) is 46.6 Å². The van der Waals surface area contributed by atoms with E-state index in [9.17, 15) is 9.59 Å². The molecule has 0 aliphatic carbocycles. The molecule has 0 rings (SSSR count). The number of hydrogen-bond acceptors (Lipinski definition) is 3. The molecule has 1 N–H and O–H groups in total.